The Morgan fingerprint density at radius 2 is 1.75 bits per heavy atom. The Bertz CT molecular complexity index is 896. The second kappa shape index (κ2) is 6.66. The van der Waals surface area contributed by atoms with Crippen LogP contribution in [0, 0.1) is 12.8 Å². The molecule has 0 aliphatic carbocycles. The van der Waals surface area contributed by atoms with Crippen LogP contribution in [0.1, 0.15) is 27.9 Å². The highest BCUT2D eigenvalue weighted by Gasteiger charge is 2.70. The van der Waals surface area contributed by atoms with Crippen LogP contribution in [0.5, 0.6) is 0 Å². The quantitative estimate of drug-likeness (QED) is 0.808. The van der Waals surface area contributed by atoms with Gasteiger partial charge in [-0.1, -0.05) is 30.3 Å². The van der Waals surface area contributed by atoms with Crippen LogP contribution >= 0.6 is 0 Å². The number of carbonyl (C=O) groups excluding carboxylic acids is 2. The minimum atomic E-state index is -5.28. The SMILES string of the molecule is Cc1ccc(C2C(C(=O)c3ccccc3)C(O)(C(F)(F)F)N(C)C(=O)N2C)o1. The Kier molecular flexibility index (Phi) is 4.74. The predicted molar refractivity (Wildman–Crippen MR) is 92.4 cm³/mol. The molecule has 1 N–H and O–H groups in total. The second-order valence-corrected chi connectivity index (χ2v) is 6.78. The number of furan rings is 1. The number of carbonyl (C=O) groups is 2. The van der Waals surface area contributed by atoms with Crippen molar-refractivity contribution in [3.05, 3.63) is 59.5 Å². The number of urea groups is 1. The topological polar surface area (TPSA) is 74.0 Å². The van der Waals surface area contributed by atoms with E-state index in [1.54, 1.807) is 13.0 Å². The monoisotopic (exact) mass is 396 g/mol. The number of hydrogen-bond acceptors (Lipinski definition) is 4. The lowest BCUT2D eigenvalue weighted by Gasteiger charge is -2.52. The van der Waals surface area contributed by atoms with Crippen molar-refractivity contribution in [2.45, 2.75) is 24.9 Å². The lowest BCUT2D eigenvalue weighted by molar-refractivity contribution is -0.329. The highest BCUT2D eigenvalue weighted by Crippen LogP contribution is 2.50. The van der Waals surface area contributed by atoms with E-state index in [9.17, 15) is 27.9 Å². The highest BCUT2D eigenvalue weighted by atomic mass is 19.4. The fourth-order valence-electron chi connectivity index (χ4n) is 3.60. The van der Waals surface area contributed by atoms with Gasteiger partial charge in [-0.2, -0.15) is 13.2 Å². The summed E-state index contributed by atoms with van der Waals surface area (Å²) in [6.45, 7) is 1.59. The Morgan fingerprint density at radius 3 is 2.25 bits per heavy atom. The van der Waals surface area contributed by atoms with Gasteiger partial charge in [-0.05, 0) is 19.1 Å². The van der Waals surface area contributed by atoms with Crippen LogP contribution in [-0.4, -0.2) is 52.7 Å². The summed E-state index contributed by atoms with van der Waals surface area (Å²) in [5.41, 5.74) is -3.73. The maximum Gasteiger partial charge on any atom is 0.437 e. The molecule has 1 aromatic heterocycles. The van der Waals surface area contributed by atoms with E-state index in [0.29, 0.717) is 5.76 Å². The normalized spacial score (nSPS) is 25.9. The summed E-state index contributed by atoms with van der Waals surface area (Å²) in [6.07, 6.45) is -5.28. The number of amides is 2. The van der Waals surface area contributed by atoms with Crippen molar-refractivity contribution in [1.82, 2.24) is 9.80 Å². The summed E-state index contributed by atoms with van der Waals surface area (Å²) >= 11 is 0. The summed E-state index contributed by atoms with van der Waals surface area (Å²) in [5, 5.41) is 10.8. The predicted octanol–water partition coefficient (Wildman–Crippen LogP) is 3.38. The molecule has 1 saturated heterocycles. The highest BCUT2D eigenvalue weighted by molar-refractivity contribution is 6.00. The van der Waals surface area contributed by atoms with Crippen molar-refractivity contribution in [1.29, 1.82) is 0 Å². The summed E-state index contributed by atoms with van der Waals surface area (Å²) in [7, 11) is 2.09. The molecule has 1 aliphatic heterocycles. The van der Waals surface area contributed by atoms with Gasteiger partial charge in [0, 0.05) is 19.7 Å². The minimum absolute atomic E-state index is 0.0143. The van der Waals surface area contributed by atoms with Gasteiger partial charge < -0.3 is 14.4 Å². The third-order valence-electron chi connectivity index (χ3n) is 5.08. The number of nitrogens with zero attached hydrogens (tertiary/aromatic N) is 2. The standard InChI is InChI=1S/C19H19F3N2O4/c1-11-9-10-13(28-11)15-14(16(25)12-7-5-4-6-8-12)18(27,19(20,21)22)24(3)17(26)23(15)2/h4-10,14-15,27H,1-3H3. The number of Topliss-reactive ketones (excluding diaryl/α,β-unsaturated/α-hetero) is 1. The molecule has 2 heterocycles. The molecule has 0 radical (unpaired) electrons. The van der Waals surface area contributed by atoms with E-state index in [1.807, 2.05) is 0 Å². The van der Waals surface area contributed by atoms with Gasteiger partial charge in [0.25, 0.3) is 5.72 Å². The van der Waals surface area contributed by atoms with Crippen LogP contribution in [0.2, 0.25) is 0 Å². The maximum absolute atomic E-state index is 14.1. The van der Waals surface area contributed by atoms with E-state index >= 15 is 0 Å². The maximum atomic E-state index is 14.1. The van der Waals surface area contributed by atoms with Gasteiger partial charge >= 0.3 is 12.2 Å². The van der Waals surface area contributed by atoms with Crippen molar-refractivity contribution in [2.75, 3.05) is 14.1 Å². The van der Waals surface area contributed by atoms with Gasteiger partial charge in [0.2, 0.25) is 0 Å². The van der Waals surface area contributed by atoms with Crippen LogP contribution in [-0.2, 0) is 0 Å². The number of aryl methyl sites for hydroxylation is 1. The molecule has 1 aromatic carbocycles. The van der Waals surface area contributed by atoms with Crippen LogP contribution in [0.4, 0.5) is 18.0 Å². The lowest BCUT2D eigenvalue weighted by Crippen LogP contribution is -2.73. The molecular formula is C19H19F3N2O4. The van der Waals surface area contributed by atoms with Gasteiger partial charge in [0.1, 0.15) is 23.5 Å². The van der Waals surface area contributed by atoms with Crippen molar-refractivity contribution in [3.8, 4) is 0 Å². The molecule has 3 atom stereocenters. The van der Waals surface area contributed by atoms with Gasteiger partial charge in [-0.15, -0.1) is 0 Å². The summed E-state index contributed by atoms with van der Waals surface area (Å²) < 4.78 is 47.6. The van der Waals surface area contributed by atoms with Crippen molar-refractivity contribution < 1.29 is 32.3 Å². The molecule has 0 bridgehead atoms. The molecule has 28 heavy (non-hydrogen) atoms. The molecule has 3 rings (SSSR count). The zero-order chi connectivity index (χ0) is 20.9. The van der Waals surface area contributed by atoms with Gasteiger partial charge in [-0.3, -0.25) is 9.69 Å². The van der Waals surface area contributed by atoms with E-state index < -0.39 is 35.7 Å². The third kappa shape index (κ3) is 2.86. The zero-order valence-electron chi connectivity index (χ0n) is 15.4. The van der Waals surface area contributed by atoms with E-state index in [4.69, 9.17) is 4.42 Å². The van der Waals surface area contributed by atoms with Crippen molar-refractivity contribution in [2.24, 2.45) is 5.92 Å². The molecule has 1 fully saturated rings. The molecule has 0 spiro atoms. The van der Waals surface area contributed by atoms with E-state index in [0.717, 1.165) is 11.9 Å². The number of benzene rings is 1. The third-order valence-corrected chi connectivity index (χ3v) is 5.08. The van der Waals surface area contributed by atoms with Gasteiger partial charge in [0.05, 0.1) is 0 Å². The van der Waals surface area contributed by atoms with E-state index in [2.05, 4.69) is 0 Å². The fourth-order valence-corrected chi connectivity index (χ4v) is 3.60. The van der Waals surface area contributed by atoms with Crippen LogP contribution in [0.3, 0.4) is 0 Å². The largest absolute Gasteiger partial charge is 0.464 e. The first-order chi connectivity index (χ1) is 13.0. The zero-order valence-corrected chi connectivity index (χ0v) is 15.4. The van der Waals surface area contributed by atoms with E-state index in [-0.39, 0.29) is 16.2 Å². The molecule has 150 valence electrons. The Labute approximate surface area is 159 Å². The summed E-state index contributed by atoms with van der Waals surface area (Å²) in [5.74, 6) is -2.63. The van der Waals surface area contributed by atoms with Crippen LogP contribution in [0.15, 0.2) is 46.9 Å². The van der Waals surface area contributed by atoms with Gasteiger partial charge in [0.15, 0.2) is 5.78 Å². The number of rotatable bonds is 3. The van der Waals surface area contributed by atoms with Crippen LogP contribution in [0.25, 0.3) is 0 Å². The second-order valence-electron chi connectivity index (χ2n) is 6.78. The Balaban J connectivity index is 2.26. The summed E-state index contributed by atoms with van der Waals surface area (Å²) in [6, 6.07) is 7.73. The molecule has 3 unspecified atom stereocenters. The lowest BCUT2D eigenvalue weighted by atomic mass is 9.77. The first-order valence-corrected chi connectivity index (χ1v) is 8.45. The van der Waals surface area contributed by atoms with Crippen molar-refractivity contribution >= 4 is 11.8 Å². The molecule has 2 aromatic rings. The summed E-state index contributed by atoms with van der Waals surface area (Å²) in [4.78, 5) is 26.8. The Hall–Kier alpha value is -2.81. The smallest absolute Gasteiger partial charge is 0.437 e. The fraction of sp³-hybridized carbons (Fsp3) is 0.368. The Morgan fingerprint density at radius 1 is 1.14 bits per heavy atom. The number of aliphatic hydroxyl groups is 1. The van der Waals surface area contributed by atoms with Crippen LogP contribution < -0.4 is 0 Å². The number of halogens is 3. The first-order valence-electron chi connectivity index (χ1n) is 8.45. The van der Waals surface area contributed by atoms with E-state index in [1.165, 1.54) is 43.4 Å². The average Bonchev–Trinajstić information content (AvgIpc) is 3.07. The number of ketones is 1. The molecule has 2 amide bonds. The van der Waals surface area contributed by atoms with Gasteiger partial charge in [-0.25, -0.2) is 4.79 Å². The molecule has 0 saturated carbocycles. The van der Waals surface area contributed by atoms with Crippen molar-refractivity contribution in [3.63, 3.8) is 0 Å². The molecule has 6 nitrogen and oxygen atoms in total. The number of hydrogen-bond donors (Lipinski definition) is 1. The minimum Gasteiger partial charge on any atom is -0.464 e. The molecule has 1 aliphatic rings. The molecule has 9 heteroatoms. The first kappa shape index (κ1) is 19.9. The average molecular weight is 396 g/mol. The molecular weight excluding hydrogens is 377 g/mol. The number of alkyl halides is 3.